The molecule has 5 nitrogen and oxygen atoms in total. The molecule has 23 heavy (non-hydrogen) atoms. The topological polar surface area (TPSA) is 50.8 Å². The third kappa shape index (κ3) is 4.04. The molecular formula is C17H23ClN2O3. The molecule has 3 rings (SSSR count). The zero-order chi connectivity index (χ0) is 16.3. The van der Waals surface area contributed by atoms with Gasteiger partial charge in [0.25, 0.3) is 0 Å². The van der Waals surface area contributed by atoms with Crippen molar-refractivity contribution in [3.05, 3.63) is 34.9 Å². The Kier molecular flexibility index (Phi) is 5.21. The number of nitrogens with one attached hydrogen (secondary N) is 1. The van der Waals surface area contributed by atoms with Gasteiger partial charge in [-0.3, -0.25) is 4.79 Å². The van der Waals surface area contributed by atoms with Crippen molar-refractivity contribution < 1.29 is 14.3 Å². The molecule has 2 fully saturated rings. The van der Waals surface area contributed by atoms with Gasteiger partial charge in [-0.05, 0) is 24.6 Å². The lowest BCUT2D eigenvalue weighted by molar-refractivity contribution is -0.187. The van der Waals surface area contributed by atoms with Crippen molar-refractivity contribution in [1.82, 2.24) is 10.2 Å². The molecule has 1 aromatic carbocycles. The van der Waals surface area contributed by atoms with E-state index in [-0.39, 0.29) is 11.9 Å². The Morgan fingerprint density at radius 1 is 1.26 bits per heavy atom. The quantitative estimate of drug-likeness (QED) is 0.915. The van der Waals surface area contributed by atoms with E-state index in [4.69, 9.17) is 21.1 Å². The van der Waals surface area contributed by atoms with Gasteiger partial charge < -0.3 is 19.7 Å². The van der Waals surface area contributed by atoms with Gasteiger partial charge in [-0.1, -0.05) is 23.7 Å². The molecular weight excluding hydrogens is 316 g/mol. The highest BCUT2D eigenvalue weighted by Crippen LogP contribution is 2.31. The van der Waals surface area contributed by atoms with E-state index >= 15 is 0 Å². The van der Waals surface area contributed by atoms with E-state index in [0.29, 0.717) is 32.8 Å². The Morgan fingerprint density at radius 3 is 2.48 bits per heavy atom. The Labute approximate surface area is 141 Å². The van der Waals surface area contributed by atoms with Crippen LogP contribution in [0, 0.1) is 0 Å². The first kappa shape index (κ1) is 16.7. The molecule has 1 aromatic rings. The molecule has 0 radical (unpaired) electrons. The van der Waals surface area contributed by atoms with Crippen molar-refractivity contribution in [3.8, 4) is 0 Å². The summed E-state index contributed by atoms with van der Waals surface area (Å²) in [5.74, 6) is -0.306. The normalized spacial score (nSPS) is 21.6. The summed E-state index contributed by atoms with van der Waals surface area (Å²) < 4.78 is 11.4. The maximum absolute atomic E-state index is 12.4. The molecule has 1 unspecified atom stereocenters. The van der Waals surface area contributed by atoms with Crippen LogP contribution in [-0.2, 0) is 14.3 Å². The second-order valence-corrected chi connectivity index (χ2v) is 6.58. The van der Waals surface area contributed by atoms with Crippen molar-refractivity contribution in [1.29, 1.82) is 0 Å². The highest BCUT2D eigenvalue weighted by Gasteiger charge is 2.40. The summed E-state index contributed by atoms with van der Waals surface area (Å²) in [5.41, 5.74) is 1.12. The predicted octanol–water partition coefficient (Wildman–Crippen LogP) is 2.36. The Balaban J connectivity index is 1.45. The first-order valence-corrected chi connectivity index (χ1v) is 8.50. The monoisotopic (exact) mass is 338 g/mol. The van der Waals surface area contributed by atoms with Crippen molar-refractivity contribution in [2.45, 2.75) is 31.6 Å². The van der Waals surface area contributed by atoms with E-state index in [1.54, 1.807) is 0 Å². The van der Waals surface area contributed by atoms with Crippen LogP contribution in [0.3, 0.4) is 0 Å². The number of benzene rings is 1. The summed E-state index contributed by atoms with van der Waals surface area (Å²) in [5, 5.41) is 4.00. The van der Waals surface area contributed by atoms with Crippen LogP contribution < -0.4 is 5.32 Å². The summed E-state index contributed by atoms with van der Waals surface area (Å²) >= 11 is 5.90. The molecule has 2 saturated heterocycles. The zero-order valence-electron chi connectivity index (χ0n) is 13.4. The number of hydrogen-bond donors (Lipinski definition) is 1. The Bertz CT molecular complexity index is 533. The second-order valence-electron chi connectivity index (χ2n) is 6.14. The number of halogens is 1. The SMILES string of the molecule is CC(NCC(=O)N1CCC2(CC1)OCCO2)c1ccc(Cl)cc1. The van der Waals surface area contributed by atoms with Gasteiger partial charge in [0.05, 0.1) is 19.8 Å². The fourth-order valence-corrected chi connectivity index (χ4v) is 3.23. The van der Waals surface area contributed by atoms with E-state index in [9.17, 15) is 4.79 Å². The summed E-state index contributed by atoms with van der Waals surface area (Å²) in [6.45, 7) is 5.08. The summed E-state index contributed by atoms with van der Waals surface area (Å²) in [4.78, 5) is 14.2. The van der Waals surface area contributed by atoms with E-state index in [2.05, 4.69) is 5.32 Å². The molecule has 1 N–H and O–H groups in total. The van der Waals surface area contributed by atoms with Gasteiger partial charge in [0.15, 0.2) is 5.79 Å². The number of rotatable bonds is 4. The Hall–Kier alpha value is -1.14. The molecule has 0 aliphatic carbocycles. The van der Waals surface area contributed by atoms with Crippen LogP contribution >= 0.6 is 11.6 Å². The fraction of sp³-hybridized carbons (Fsp3) is 0.588. The van der Waals surface area contributed by atoms with Crippen molar-refractivity contribution in [3.63, 3.8) is 0 Å². The molecule has 2 aliphatic heterocycles. The lowest BCUT2D eigenvalue weighted by Crippen LogP contribution is -2.49. The number of hydrogen-bond acceptors (Lipinski definition) is 4. The van der Waals surface area contributed by atoms with E-state index in [0.717, 1.165) is 23.4 Å². The summed E-state index contributed by atoms with van der Waals surface area (Å²) in [6.07, 6.45) is 1.51. The first-order chi connectivity index (χ1) is 11.1. The van der Waals surface area contributed by atoms with Crippen LogP contribution in [0.1, 0.15) is 31.4 Å². The van der Waals surface area contributed by atoms with Crippen molar-refractivity contribution >= 4 is 17.5 Å². The minimum atomic E-state index is -0.430. The maximum Gasteiger partial charge on any atom is 0.236 e. The summed E-state index contributed by atoms with van der Waals surface area (Å²) in [6, 6.07) is 7.78. The smallest absolute Gasteiger partial charge is 0.236 e. The number of carbonyl (C=O) groups excluding carboxylic acids is 1. The maximum atomic E-state index is 12.4. The van der Waals surface area contributed by atoms with Crippen LogP contribution in [-0.4, -0.2) is 49.4 Å². The zero-order valence-corrected chi connectivity index (χ0v) is 14.1. The van der Waals surface area contributed by atoms with E-state index in [1.807, 2.05) is 36.1 Å². The minimum absolute atomic E-state index is 0.105. The number of ether oxygens (including phenoxy) is 2. The number of piperidine rings is 1. The summed E-state index contributed by atoms with van der Waals surface area (Å²) in [7, 11) is 0. The molecule has 6 heteroatoms. The van der Waals surface area contributed by atoms with Gasteiger partial charge in [-0.25, -0.2) is 0 Å². The second kappa shape index (κ2) is 7.18. The van der Waals surface area contributed by atoms with Crippen molar-refractivity contribution in [2.75, 3.05) is 32.8 Å². The fourth-order valence-electron chi connectivity index (χ4n) is 3.10. The molecule has 1 spiro atoms. The average molecular weight is 339 g/mol. The highest BCUT2D eigenvalue weighted by atomic mass is 35.5. The largest absolute Gasteiger partial charge is 0.347 e. The number of nitrogens with zero attached hydrogens (tertiary/aromatic N) is 1. The molecule has 2 heterocycles. The third-order valence-electron chi connectivity index (χ3n) is 4.62. The van der Waals surface area contributed by atoms with Crippen LogP contribution in [0.2, 0.25) is 5.02 Å². The first-order valence-electron chi connectivity index (χ1n) is 8.13. The Morgan fingerprint density at radius 2 is 1.87 bits per heavy atom. The van der Waals surface area contributed by atoms with Gasteiger partial charge in [-0.2, -0.15) is 0 Å². The average Bonchev–Trinajstić information content (AvgIpc) is 3.02. The van der Waals surface area contributed by atoms with E-state index in [1.165, 1.54) is 0 Å². The lowest BCUT2D eigenvalue weighted by Gasteiger charge is -2.37. The van der Waals surface area contributed by atoms with Crippen LogP contribution in [0.4, 0.5) is 0 Å². The van der Waals surface area contributed by atoms with Gasteiger partial charge in [0.1, 0.15) is 0 Å². The standard InChI is InChI=1S/C17H23ClN2O3/c1-13(14-2-4-15(18)5-3-14)19-12-16(21)20-8-6-17(7-9-20)22-10-11-23-17/h2-5,13,19H,6-12H2,1H3. The van der Waals surface area contributed by atoms with E-state index < -0.39 is 5.79 Å². The van der Waals surface area contributed by atoms with Crippen LogP contribution in [0.15, 0.2) is 24.3 Å². The van der Waals surface area contributed by atoms with Gasteiger partial charge in [-0.15, -0.1) is 0 Å². The lowest BCUT2D eigenvalue weighted by atomic mass is 10.0. The number of carbonyl (C=O) groups is 1. The van der Waals surface area contributed by atoms with Crippen molar-refractivity contribution in [2.24, 2.45) is 0 Å². The number of amides is 1. The molecule has 0 bridgehead atoms. The molecule has 2 aliphatic rings. The molecule has 126 valence electrons. The molecule has 1 amide bonds. The minimum Gasteiger partial charge on any atom is -0.347 e. The van der Waals surface area contributed by atoms with Crippen LogP contribution in [0.25, 0.3) is 0 Å². The third-order valence-corrected chi connectivity index (χ3v) is 4.87. The molecule has 0 aromatic heterocycles. The van der Waals surface area contributed by atoms with Crippen LogP contribution in [0.5, 0.6) is 0 Å². The highest BCUT2D eigenvalue weighted by molar-refractivity contribution is 6.30. The predicted molar refractivity (Wildman–Crippen MR) is 88.3 cm³/mol. The van der Waals surface area contributed by atoms with Gasteiger partial charge in [0, 0.05) is 37.0 Å². The van der Waals surface area contributed by atoms with Gasteiger partial charge in [0.2, 0.25) is 5.91 Å². The molecule has 1 atom stereocenters. The number of likely N-dealkylation sites (tertiary alicyclic amines) is 1. The van der Waals surface area contributed by atoms with Gasteiger partial charge >= 0.3 is 0 Å². The molecule has 0 saturated carbocycles.